The topological polar surface area (TPSA) is 60.5 Å². The number of amides is 1. The average Bonchev–Trinajstić information content (AvgIpc) is 2.64. The van der Waals surface area contributed by atoms with Crippen molar-refractivity contribution in [3.05, 3.63) is 59.3 Å². The van der Waals surface area contributed by atoms with Crippen LogP contribution in [0.2, 0.25) is 0 Å². The highest BCUT2D eigenvalue weighted by Crippen LogP contribution is 2.30. The van der Waals surface area contributed by atoms with Gasteiger partial charge in [0.2, 0.25) is 0 Å². The van der Waals surface area contributed by atoms with E-state index in [1.807, 2.05) is 58.0 Å². The summed E-state index contributed by atoms with van der Waals surface area (Å²) in [6.45, 7) is 8.74. The Morgan fingerprint density at radius 2 is 1.78 bits per heavy atom. The van der Waals surface area contributed by atoms with Crippen molar-refractivity contribution in [3.63, 3.8) is 0 Å². The van der Waals surface area contributed by atoms with Gasteiger partial charge in [0, 0.05) is 11.5 Å². The van der Waals surface area contributed by atoms with Crippen LogP contribution in [0, 0.1) is 13.8 Å². The van der Waals surface area contributed by atoms with Gasteiger partial charge in [-0.3, -0.25) is 9.78 Å². The fourth-order valence-corrected chi connectivity index (χ4v) is 2.96. The first-order valence-electron chi connectivity index (χ1n) is 9.10. The number of carbonyl (C=O) groups excluding carboxylic acids is 1. The van der Waals surface area contributed by atoms with Crippen LogP contribution < -0.4 is 14.8 Å². The molecule has 0 aliphatic heterocycles. The second-order valence-corrected chi connectivity index (χ2v) is 6.30. The Hall–Kier alpha value is -3.08. The van der Waals surface area contributed by atoms with Gasteiger partial charge in [0.1, 0.15) is 11.5 Å². The second-order valence-electron chi connectivity index (χ2n) is 6.30. The third-order valence-corrected chi connectivity index (χ3v) is 4.22. The Labute approximate surface area is 159 Å². The largest absolute Gasteiger partial charge is 0.494 e. The van der Waals surface area contributed by atoms with Crippen LogP contribution in [-0.4, -0.2) is 24.1 Å². The van der Waals surface area contributed by atoms with Gasteiger partial charge < -0.3 is 14.8 Å². The monoisotopic (exact) mass is 364 g/mol. The molecule has 1 amide bonds. The van der Waals surface area contributed by atoms with E-state index >= 15 is 0 Å². The zero-order valence-corrected chi connectivity index (χ0v) is 16.1. The van der Waals surface area contributed by atoms with Crippen molar-refractivity contribution >= 4 is 22.5 Å². The molecule has 0 radical (unpaired) electrons. The molecule has 3 aromatic rings. The van der Waals surface area contributed by atoms with Crippen molar-refractivity contribution in [2.24, 2.45) is 0 Å². The van der Waals surface area contributed by atoms with E-state index in [-0.39, 0.29) is 5.91 Å². The van der Waals surface area contributed by atoms with Crippen LogP contribution in [0.5, 0.6) is 11.5 Å². The van der Waals surface area contributed by atoms with Gasteiger partial charge in [0.25, 0.3) is 5.91 Å². The Morgan fingerprint density at radius 1 is 1.00 bits per heavy atom. The SMILES string of the molecule is CCOc1ccc(OCC)c(NC(=O)c2cc3cc(C)ccc3nc2C)c1. The standard InChI is InChI=1S/C22H24N2O3/c1-5-26-17-8-10-21(27-6-2)20(13-17)24-22(25)18-12-16-11-14(3)7-9-19(16)23-15(18)4/h7-13H,5-6H2,1-4H3,(H,24,25). The maximum Gasteiger partial charge on any atom is 0.257 e. The van der Waals surface area contributed by atoms with Crippen LogP contribution in [0.3, 0.4) is 0 Å². The van der Waals surface area contributed by atoms with E-state index in [0.717, 1.165) is 16.5 Å². The summed E-state index contributed by atoms with van der Waals surface area (Å²) in [6, 6.07) is 13.3. The number of hydrogen-bond acceptors (Lipinski definition) is 4. The Balaban J connectivity index is 1.96. The third-order valence-electron chi connectivity index (χ3n) is 4.22. The Morgan fingerprint density at radius 3 is 2.52 bits per heavy atom. The molecule has 0 aliphatic carbocycles. The maximum absolute atomic E-state index is 12.9. The number of fused-ring (bicyclic) bond motifs is 1. The summed E-state index contributed by atoms with van der Waals surface area (Å²) in [4.78, 5) is 17.5. The second kappa shape index (κ2) is 8.08. The fraction of sp³-hybridized carbons (Fsp3) is 0.273. The lowest BCUT2D eigenvalue weighted by molar-refractivity contribution is 0.102. The van der Waals surface area contributed by atoms with Crippen molar-refractivity contribution < 1.29 is 14.3 Å². The number of aryl methyl sites for hydroxylation is 2. The first-order chi connectivity index (χ1) is 13.0. The molecule has 5 heteroatoms. The number of rotatable bonds is 6. The van der Waals surface area contributed by atoms with Crippen molar-refractivity contribution in [3.8, 4) is 11.5 Å². The first-order valence-corrected chi connectivity index (χ1v) is 9.10. The normalized spacial score (nSPS) is 10.7. The molecule has 0 atom stereocenters. The molecule has 0 saturated heterocycles. The third kappa shape index (κ3) is 4.19. The summed E-state index contributed by atoms with van der Waals surface area (Å²) in [7, 11) is 0. The molecule has 27 heavy (non-hydrogen) atoms. The fourth-order valence-electron chi connectivity index (χ4n) is 2.96. The molecule has 2 aromatic carbocycles. The number of nitrogens with zero attached hydrogens (tertiary/aromatic N) is 1. The number of benzene rings is 2. The first kappa shape index (κ1) is 18.7. The zero-order chi connectivity index (χ0) is 19.4. The van der Waals surface area contributed by atoms with E-state index in [1.165, 1.54) is 0 Å². The van der Waals surface area contributed by atoms with Gasteiger partial charge in [-0.1, -0.05) is 11.6 Å². The minimum atomic E-state index is -0.224. The summed E-state index contributed by atoms with van der Waals surface area (Å²) in [5, 5.41) is 3.89. The van der Waals surface area contributed by atoms with Crippen molar-refractivity contribution in [1.29, 1.82) is 0 Å². The van der Waals surface area contributed by atoms with E-state index in [1.54, 1.807) is 12.1 Å². The van der Waals surface area contributed by atoms with E-state index in [2.05, 4.69) is 10.3 Å². The minimum absolute atomic E-state index is 0.224. The smallest absolute Gasteiger partial charge is 0.257 e. The zero-order valence-electron chi connectivity index (χ0n) is 16.1. The average molecular weight is 364 g/mol. The predicted octanol–water partition coefficient (Wildman–Crippen LogP) is 4.90. The maximum atomic E-state index is 12.9. The lowest BCUT2D eigenvalue weighted by Crippen LogP contribution is -2.15. The van der Waals surface area contributed by atoms with Crippen LogP contribution in [0.15, 0.2) is 42.5 Å². The molecule has 3 rings (SSSR count). The van der Waals surface area contributed by atoms with Crippen LogP contribution in [0.1, 0.15) is 35.5 Å². The predicted molar refractivity (Wildman–Crippen MR) is 108 cm³/mol. The molecule has 1 aromatic heterocycles. The summed E-state index contributed by atoms with van der Waals surface area (Å²) < 4.78 is 11.2. The highest BCUT2D eigenvalue weighted by Gasteiger charge is 2.15. The highest BCUT2D eigenvalue weighted by atomic mass is 16.5. The number of aromatic nitrogens is 1. The Bertz CT molecular complexity index is 983. The minimum Gasteiger partial charge on any atom is -0.494 e. The van der Waals surface area contributed by atoms with Gasteiger partial charge in [-0.15, -0.1) is 0 Å². The van der Waals surface area contributed by atoms with Gasteiger partial charge in [0.15, 0.2) is 0 Å². The quantitative estimate of drug-likeness (QED) is 0.676. The number of pyridine rings is 1. The summed E-state index contributed by atoms with van der Waals surface area (Å²) >= 11 is 0. The van der Waals surface area contributed by atoms with Gasteiger partial charge in [-0.25, -0.2) is 0 Å². The molecule has 0 fully saturated rings. The molecule has 0 bridgehead atoms. The lowest BCUT2D eigenvalue weighted by atomic mass is 10.1. The van der Waals surface area contributed by atoms with E-state index < -0.39 is 0 Å². The Kier molecular flexibility index (Phi) is 5.60. The van der Waals surface area contributed by atoms with Crippen molar-refractivity contribution in [2.75, 3.05) is 18.5 Å². The van der Waals surface area contributed by atoms with Crippen LogP contribution in [0.4, 0.5) is 5.69 Å². The number of ether oxygens (including phenoxy) is 2. The summed E-state index contributed by atoms with van der Waals surface area (Å²) in [6.07, 6.45) is 0. The number of hydrogen-bond donors (Lipinski definition) is 1. The molecule has 0 unspecified atom stereocenters. The lowest BCUT2D eigenvalue weighted by Gasteiger charge is -2.14. The summed E-state index contributed by atoms with van der Waals surface area (Å²) in [5.41, 5.74) is 3.81. The van der Waals surface area contributed by atoms with E-state index in [0.29, 0.717) is 41.7 Å². The van der Waals surface area contributed by atoms with Gasteiger partial charge in [-0.2, -0.15) is 0 Å². The van der Waals surface area contributed by atoms with Crippen molar-refractivity contribution in [1.82, 2.24) is 4.98 Å². The molecular formula is C22H24N2O3. The number of nitrogens with one attached hydrogen (secondary N) is 1. The highest BCUT2D eigenvalue weighted by molar-refractivity contribution is 6.07. The molecular weight excluding hydrogens is 340 g/mol. The van der Waals surface area contributed by atoms with E-state index in [9.17, 15) is 4.79 Å². The molecule has 0 spiro atoms. The molecule has 1 heterocycles. The van der Waals surface area contributed by atoms with Crippen LogP contribution >= 0.6 is 0 Å². The molecule has 140 valence electrons. The molecule has 5 nitrogen and oxygen atoms in total. The van der Waals surface area contributed by atoms with Gasteiger partial charge in [0.05, 0.1) is 35.7 Å². The molecule has 0 saturated carbocycles. The van der Waals surface area contributed by atoms with Crippen LogP contribution in [0.25, 0.3) is 10.9 Å². The molecule has 1 N–H and O–H groups in total. The van der Waals surface area contributed by atoms with Gasteiger partial charge in [-0.05, 0) is 58.0 Å². The van der Waals surface area contributed by atoms with Crippen molar-refractivity contribution in [2.45, 2.75) is 27.7 Å². The van der Waals surface area contributed by atoms with Crippen LogP contribution in [-0.2, 0) is 0 Å². The summed E-state index contributed by atoms with van der Waals surface area (Å²) in [5.74, 6) is 1.06. The number of anilines is 1. The number of carbonyl (C=O) groups is 1. The van der Waals surface area contributed by atoms with E-state index in [4.69, 9.17) is 9.47 Å². The molecule has 0 aliphatic rings. The van der Waals surface area contributed by atoms with Gasteiger partial charge >= 0.3 is 0 Å².